The number of ether oxygens (including phenoxy) is 1. The van der Waals surface area contributed by atoms with Gasteiger partial charge in [0.15, 0.2) is 6.10 Å². The van der Waals surface area contributed by atoms with Crippen molar-refractivity contribution < 1.29 is 19.4 Å². The van der Waals surface area contributed by atoms with Crippen LogP contribution in [0, 0.1) is 0 Å². The number of nitrogens with one attached hydrogen (secondary N) is 1. The van der Waals surface area contributed by atoms with Crippen LogP contribution in [-0.2, 0) is 16.0 Å². The first-order valence-electron chi connectivity index (χ1n) is 10.4. The predicted molar refractivity (Wildman–Crippen MR) is 120 cm³/mol. The molecule has 2 N–H and O–H groups in total. The summed E-state index contributed by atoms with van der Waals surface area (Å²) in [6.07, 6.45) is 2.55. The topological polar surface area (TPSA) is 88.5 Å². The molecule has 1 heterocycles. The zero-order valence-corrected chi connectivity index (χ0v) is 17.5. The summed E-state index contributed by atoms with van der Waals surface area (Å²) in [7, 11) is 0. The molecule has 0 aliphatic heterocycles. The van der Waals surface area contributed by atoms with Crippen LogP contribution in [0.2, 0.25) is 0 Å². The molecular weight excluding hydrogens is 392 g/mol. The number of phenols is 1. The third-order valence-corrected chi connectivity index (χ3v) is 5.38. The molecule has 4 rings (SSSR count). The van der Waals surface area contributed by atoms with Crippen molar-refractivity contribution in [2.75, 3.05) is 6.54 Å². The van der Waals surface area contributed by atoms with Crippen molar-refractivity contribution in [1.82, 2.24) is 10.3 Å². The molecule has 0 unspecified atom stereocenters. The number of phenolic OH excluding ortho intramolecular Hbond substituents is 1. The molecule has 0 fully saturated rings. The van der Waals surface area contributed by atoms with E-state index in [-0.39, 0.29) is 11.7 Å². The van der Waals surface area contributed by atoms with Crippen LogP contribution in [0.3, 0.4) is 0 Å². The van der Waals surface area contributed by atoms with Gasteiger partial charge in [-0.2, -0.15) is 0 Å². The SMILES string of the molecule is CCNC(=O)[C@@H](C)OC(=O)c1c2c(nc3ccccc13)/C(=C/c1ccc(O)cc1)CC2. The van der Waals surface area contributed by atoms with Crippen molar-refractivity contribution in [3.05, 3.63) is 70.9 Å². The van der Waals surface area contributed by atoms with Gasteiger partial charge in [-0.05, 0) is 67.7 Å². The van der Waals surface area contributed by atoms with E-state index in [0.717, 1.165) is 34.2 Å². The molecule has 0 saturated heterocycles. The van der Waals surface area contributed by atoms with Gasteiger partial charge in [0.1, 0.15) is 5.75 Å². The molecule has 6 heteroatoms. The summed E-state index contributed by atoms with van der Waals surface area (Å²) < 4.78 is 5.52. The number of hydrogen-bond donors (Lipinski definition) is 2. The summed E-state index contributed by atoms with van der Waals surface area (Å²) in [5, 5.41) is 12.9. The fourth-order valence-corrected chi connectivity index (χ4v) is 3.87. The second-order valence-electron chi connectivity index (χ2n) is 7.53. The van der Waals surface area contributed by atoms with Crippen LogP contribution < -0.4 is 5.32 Å². The van der Waals surface area contributed by atoms with Crippen molar-refractivity contribution in [2.24, 2.45) is 0 Å². The van der Waals surface area contributed by atoms with Crippen LogP contribution in [0.4, 0.5) is 0 Å². The molecule has 31 heavy (non-hydrogen) atoms. The quantitative estimate of drug-likeness (QED) is 0.611. The van der Waals surface area contributed by atoms with E-state index >= 15 is 0 Å². The van der Waals surface area contributed by atoms with Crippen molar-refractivity contribution in [1.29, 1.82) is 0 Å². The van der Waals surface area contributed by atoms with E-state index in [1.54, 1.807) is 19.1 Å². The van der Waals surface area contributed by atoms with Gasteiger partial charge in [-0.25, -0.2) is 9.78 Å². The van der Waals surface area contributed by atoms with Gasteiger partial charge in [0, 0.05) is 11.9 Å². The Morgan fingerprint density at radius 1 is 1.16 bits per heavy atom. The van der Waals surface area contributed by atoms with Crippen molar-refractivity contribution in [2.45, 2.75) is 32.8 Å². The first-order valence-corrected chi connectivity index (χ1v) is 10.4. The summed E-state index contributed by atoms with van der Waals surface area (Å²) in [5.41, 5.74) is 4.78. The molecule has 2 aromatic carbocycles. The van der Waals surface area contributed by atoms with Crippen molar-refractivity contribution in [3.63, 3.8) is 0 Å². The number of pyridine rings is 1. The number of carbonyl (C=O) groups is 2. The van der Waals surface area contributed by atoms with Gasteiger partial charge >= 0.3 is 5.97 Å². The lowest BCUT2D eigenvalue weighted by Gasteiger charge is -2.16. The van der Waals surface area contributed by atoms with Crippen LogP contribution in [-0.4, -0.2) is 34.6 Å². The molecule has 158 valence electrons. The number of hydrogen-bond acceptors (Lipinski definition) is 5. The fourth-order valence-electron chi connectivity index (χ4n) is 3.87. The molecule has 0 spiro atoms. The molecule has 1 aliphatic rings. The highest BCUT2D eigenvalue weighted by atomic mass is 16.5. The Hall–Kier alpha value is -3.67. The lowest BCUT2D eigenvalue weighted by atomic mass is 10.0. The van der Waals surface area contributed by atoms with Crippen LogP contribution >= 0.6 is 0 Å². The minimum absolute atomic E-state index is 0.212. The highest BCUT2D eigenvalue weighted by Crippen LogP contribution is 2.38. The lowest BCUT2D eigenvalue weighted by Crippen LogP contribution is -2.35. The Morgan fingerprint density at radius 3 is 2.65 bits per heavy atom. The third-order valence-electron chi connectivity index (χ3n) is 5.38. The number of allylic oxidation sites excluding steroid dienone is 1. The number of nitrogens with zero attached hydrogens (tertiary/aromatic N) is 1. The van der Waals surface area contributed by atoms with Gasteiger partial charge in [0.25, 0.3) is 5.91 Å². The van der Waals surface area contributed by atoms with E-state index in [4.69, 9.17) is 9.72 Å². The molecular formula is C25H24N2O4. The molecule has 1 aromatic heterocycles. The van der Waals surface area contributed by atoms with Crippen LogP contribution in [0.1, 0.15) is 47.4 Å². The van der Waals surface area contributed by atoms with E-state index < -0.39 is 12.1 Å². The van der Waals surface area contributed by atoms with Gasteiger partial charge in [-0.1, -0.05) is 30.3 Å². The zero-order chi connectivity index (χ0) is 22.0. The van der Waals surface area contributed by atoms with Crippen LogP contribution in [0.25, 0.3) is 22.6 Å². The van der Waals surface area contributed by atoms with Gasteiger partial charge < -0.3 is 15.2 Å². The number of fused-ring (bicyclic) bond motifs is 2. The zero-order valence-electron chi connectivity index (χ0n) is 17.5. The Morgan fingerprint density at radius 2 is 1.90 bits per heavy atom. The predicted octanol–water partition coefficient (Wildman–Crippen LogP) is 4.11. The normalized spacial score (nSPS) is 15.0. The Balaban J connectivity index is 1.77. The number of amides is 1. The minimum atomic E-state index is -0.886. The maximum Gasteiger partial charge on any atom is 0.339 e. The third kappa shape index (κ3) is 4.14. The first-order chi connectivity index (χ1) is 15.0. The van der Waals surface area contributed by atoms with Crippen LogP contribution in [0.5, 0.6) is 5.75 Å². The number of benzene rings is 2. The average molecular weight is 416 g/mol. The number of aromatic nitrogens is 1. The average Bonchev–Trinajstić information content (AvgIpc) is 3.15. The number of esters is 1. The minimum Gasteiger partial charge on any atom is -0.508 e. The monoisotopic (exact) mass is 416 g/mol. The summed E-state index contributed by atoms with van der Waals surface area (Å²) in [5.74, 6) is -0.623. The number of carbonyl (C=O) groups excluding carboxylic acids is 2. The molecule has 0 bridgehead atoms. The Labute approximate surface area is 180 Å². The van der Waals surface area contributed by atoms with Gasteiger partial charge in [-0.3, -0.25) is 4.79 Å². The first kappa shape index (κ1) is 20.6. The van der Waals surface area contributed by atoms with Gasteiger partial charge in [0.05, 0.1) is 16.8 Å². The lowest BCUT2D eigenvalue weighted by molar-refractivity contribution is -0.128. The van der Waals surface area contributed by atoms with E-state index in [1.807, 2.05) is 49.4 Å². The second-order valence-corrected chi connectivity index (χ2v) is 7.53. The fraction of sp³-hybridized carbons (Fsp3) is 0.240. The Bertz CT molecular complexity index is 1180. The largest absolute Gasteiger partial charge is 0.508 e. The molecule has 6 nitrogen and oxygen atoms in total. The van der Waals surface area contributed by atoms with Gasteiger partial charge in [0.2, 0.25) is 0 Å². The van der Waals surface area contributed by atoms with E-state index in [2.05, 4.69) is 5.32 Å². The number of likely N-dealkylation sites (N-methyl/N-ethyl adjacent to an activating group) is 1. The smallest absolute Gasteiger partial charge is 0.339 e. The van der Waals surface area contributed by atoms with E-state index in [9.17, 15) is 14.7 Å². The maximum absolute atomic E-state index is 13.2. The van der Waals surface area contributed by atoms with Crippen molar-refractivity contribution in [3.8, 4) is 5.75 Å². The van der Waals surface area contributed by atoms with Crippen molar-refractivity contribution >= 4 is 34.4 Å². The summed E-state index contributed by atoms with van der Waals surface area (Å²) in [4.78, 5) is 30.1. The van der Waals surface area contributed by atoms with Crippen LogP contribution in [0.15, 0.2) is 48.5 Å². The number of rotatable bonds is 5. The molecule has 1 aliphatic carbocycles. The molecule has 1 atom stereocenters. The number of para-hydroxylation sites is 1. The number of aromatic hydroxyl groups is 1. The van der Waals surface area contributed by atoms with E-state index in [1.165, 1.54) is 0 Å². The highest BCUT2D eigenvalue weighted by Gasteiger charge is 2.29. The Kier molecular flexibility index (Phi) is 5.71. The second kappa shape index (κ2) is 8.60. The maximum atomic E-state index is 13.2. The molecule has 3 aromatic rings. The molecule has 0 radical (unpaired) electrons. The molecule has 0 saturated carbocycles. The summed E-state index contributed by atoms with van der Waals surface area (Å²) in [6.45, 7) is 3.86. The highest BCUT2D eigenvalue weighted by molar-refractivity contribution is 6.07. The summed E-state index contributed by atoms with van der Waals surface area (Å²) >= 11 is 0. The standard InChI is InChI=1S/C25H24N2O4/c1-3-26-24(29)15(2)31-25(30)22-19-6-4-5-7-21(19)27-23-17(10-13-20(22)23)14-16-8-11-18(28)12-9-16/h4-9,11-12,14-15,28H,3,10,13H2,1-2H3,(H,26,29)/b17-14+/t15-/m1/s1. The van der Waals surface area contributed by atoms with Gasteiger partial charge in [-0.15, -0.1) is 0 Å². The summed E-state index contributed by atoms with van der Waals surface area (Å²) in [6, 6.07) is 14.4. The molecule has 1 amide bonds. The van der Waals surface area contributed by atoms with E-state index in [0.29, 0.717) is 24.0 Å².